The van der Waals surface area contributed by atoms with E-state index in [4.69, 9.17) is 4.52 Å². The van der Waals surface area contributed by atoms with Crippen molar-refractivity contribution in [1.29, 1.82) is 0 Å². The van der Waals surface area contributed by atoms with Gasteiger partial charge in [0.15, 0.2) is 0 Å². The van der Waals surface area contributed by atoms with Crippen molar-refractivity contribution < 1.29 is 9.32 Å². The number of nitrogens with zero attached hydrogens (tertiary/aromatic N) is 5. The van der Waals surface area contributed by atoms with E-state index in [1.807, 2.05) is 17.0 Å². The van der Waals surface area contributed by atoms with E-state index in [-0.39, 0.29) is 29.8 Å². The molecule has 0 bridgehead atoms. The number of aryl methyl sites for hydroxylation is 1. The van der Waals surface area contributed by atoms with Crippen molar-refractivity contribution in [3.8, 4) is 0 Å². The maximum atomic E-state index is 12.9. The molecule has 1 saturated heterocycles. The van der Waals surface area contributed by atoms with Crippen molar-refractivity contribution in [2.24, 2.45) is 0 Å². The van der Waals surface area contributed by atoms with Crippen LogP contribution < -0.4 is 5.56 Å². The Labute approximate surface area is 149 Å². The lowest BCUT2D eigenvalue weighted by Crippen LogP contribution is -2.41. The van der Waals surface area contributed by atoms with Gasteiger partial charge in [-0.2, -0.15) is 0 Å². The number of carbonyl (C=O) groups is 1. The summed E-state index contributed by atoms with van der Waals surface area (Å²) < 4.78 is 6.33. The molecule has 1 amide bonds. The van der Waals surface area contributed by atoms with Crippen LogP contribution in [0.15, 0.2) is 40.2 Å². The van der Waals surface area contributed by atoms with E-state index in [1.165, 1.54) is 10.9 Å². The zero-order valence-electron chi connectivity index (χ0n) is 14.5. The van der Waals surface area contributed by atoms with Crippen LogP contribution in [0.4, 0.5) is 0 Å². The van der Waals surface area contributed by atoms with E-state index < -0.39 is 0 Å². The van der Waals surface area contributed by atoms with Gasteiger partial charge in [0, 0.05) is 18.9 Å². The minimum atomic E-state index is -0.308. The zero-order chi connectivity index (χ0) is 18.1. The third-order valence-corrected chi connectivity index (χ3v) is 4.83. The molecule has 1 unspecified atom stereocenters. The summed E-state index contributed by atoms with van der Waals surface area (Å²) in [7, 11) is 0. The Morgan fingerprint density at radius 3 is 3.08 bits per heavy atom. The average molecular weight is 353 g/mol. The average Bonchev–Trinajstić information content (AvgIpc) is 3.06. The van der Waals surface area contributed by atoms with Gasteiger partial charge in [-0.05, 0) is 37.8 Å². The molecule has 134 valence electrons. The largest absolute Gasteiger partial charge is 0.335 e. The number of piperidine rings is 1. The number of rotatable bonds is 3. The van der Waals surface area contributed by atoms with Gasteiger partial charge in [0.05, 0.1) is 11.7 Å². The van der Waals surface area contributed by atoms with Crippen LogP contribution in [0.3, 0.4) is 0 Å². The van der Waals surface area contributed by atoms with Gasteiger partial charge >= 0.3 is 0 Å². The minimum Gasteiger partial charge on any atom is -0.335 e. The van der Waals surface area contributed by atoms with Gasteiger partial charge in [0.25, 0.3) is 11.3 Å². The third kappa shape index (κ3) is 2.87. The molecule has 3 aromatic rings. The van der Waals surface area contributed by atoms with E-state index in [9.17, 15) is 9.59 Å². The maximum absolute atomic E-state index is 12.9. The summed E-state index contributed by atoms with van der Waals surface area (Å²) in [6.07, 6.45) is 7.79. The van der Waals surface area contributed by atoms with E-state index in [2.05, 4.69) is 15.1 Å². The second kappa shape index (κ2) is 6.70. The minimum absolute atomic E-state index is 0.00493. The Morgan fingerprint density at radius 2 is 2.27 bits per heavy atom. The standard InChI is InChI=1S/C18H19N5O3/c1-12-16-17(26-21-12)20-11-22(18(16)25)10-15(24)23-8-3-2-6-14(23)13-5-4-7-19-9-13/h4-5,7,9,11,14H,2-3,6,8,10H2,1H3. The van der Waals surface area contributed by atoms with Gasteiger partial charge in [-0.25, -0.2) is 4.98 Å². The summed E-state index contributed by atoms with van der Waals surface area (Å²) in [4.78, 5) is 35.7. The molecule has 26 heavy (non-hydrogen) atoms. The fraction of sp³-hybridized carbons (Fsp3) is 0.389. The number of fused-ring (bicyclic) bond motifs is 1. The number of aromatic nitrogens is 4. The molecule has 4 heterocycles. The van der Waals surface area contributed by atoms with Gasteiger partial charge in [-0.1, -0.05) is 11.2 Å². The van der Waals surface area contributed by atoms with Gasteiger partial charge in [-0.15, -0.1) is 0 Å². The molecule has 1 aliphatic heterocycles. The van der Waals surface area contributed by atoms with Gasteiger partial charge in [0.1, 0.15) is 18.3 Å². The van der Waals surface area contributed by atoms with E-state index in [0.717, 1.165) is 24.8 Å². The van der Waals surface area contributed by atoms with Crippen molar-refractivity contribution >= 4 is 17.0 Å². The van der Waals surface area contributed by atoms with Crippen LogP contribution in [0.2, 0.25) is 0 Å². The van der Waals surface area contributed by atoms with Gasteiger partial charge < -0.3 is 9.42 Å². The van der Waals surface area contributed by atoms with Crippen molar-refractivity contribution in [2.45, 2.75) is 38.8 Å². The second-order valence-corrected chi connectivity index (χ2v) is 6.51. The van der Waals surface area contributed by atoms with E-state index in [1.54, 1.807) is 19.3 Å². The van der Waals surface area contributed by atoms with Crippen LogP contribution in [0.5, 0.6) is 0 Å². The first-order chi connectivity index (χ1) is 12.6. The third-order valence-electron chi connectivity index (χ3n) is 4.83. The lowest BCUT2D eigenvalue weighted by molar-refractivity contribution is -0.135. The molecule has 4 rings (SSSR count). The molecule has 3 aromatic heterocycles. The highest BCUT2D eigenvalue weighted by Gasteiger charge is 2.28. The molecule has 8 heteroatoms. The first-order valence-corrected chi connectivity index (χ1v) is 8.66. The molecule has 0 radical (unpaired) electrons. The maximum Gasteiger partial charge on any atom is 0.267 e. The highest BCUT2D eigenvalue weighted by atomic mass is 16.5. The van der Waals surface area contributed by atoms with Crippen molar-refractivity contribution in [1.82, 2.24) is 24.6 Å². The Kier molecular flexibility index (Phi) is 4.24. The monoisotopic (exact) mass is 353 g/mol. The Balaban J connectivity index is 1.62. The highest BCUT2D eigenvalue weighted by Crippen LogP contribution is 2.30. The van der Waals surface area contributed by atoms with Gasteiger partial charge in [-0.3, -0.25) is 19.1 Å². The van der Waals surface area contributed by atoms with Crippen LogP contribution in [-0.2, 0) is 11.3 Å². The van der Waals surface area contributed by atoms with Crippen LogP contribution in [-0.4, -0.2) is 37.0 Å². The summed E-state index contributed by atoms with van der Waals surface area (Å²) in [6.45, 7) is 2.31. The SMILES string of the molecule is Cc1noc2ncn(CC(=O)N3CCCCC3c3cccnc3)c(=O)c12. The fourth-order valence-electron chi connectivity index (χ4n) is 3.51. The number of amides is 1. The Morgan fingerprint density at radius 1 is 1.38 bits per heavy atom. The lowest BCUT2D eigenvalue weighted by Gasteiger charge is -2.36. The van der Waals surface area contributed by atoms with Crippen molar-refractivity contribution in [2.75, 3.05) is 6.54 Å². The second-order valence-electron chi connectivity index (χ2n) is 6.51. The first-order valence-electron chi connectivity index (χ1n) is 8.66. The summed E-state index contributed by atoms with van der Waals surface area (Å²) in [5.41, 5.74) is 1.39. The number of hydrogen-bond acceptors (Lipinski definition) is 6. The molecule has 1 aliphatic rings. The van der Waals surface area contributed by atoms with Crippen LogP contribution in [0.25, 0.3) is 11.1 Å². The zero-order valence-corrected chi connectivity index (χ0v) is 14.5. The quantitative estimate of drug-likeness (QED) is 0.713. The predicted octanol–water partition coefficient (Wildman–Crippen LogP) is 1.84. The predicted molar refractivity (Wildman–Crippen MR) is 93.3 cm³/mol. The first kappa shape index (κ1) is 16.4. The van der Waals surface area contributed by atoms with Crippen molar-refractivity contribution in [3.05, 3.63) is 52.5 Å². The summed E-state index contributed by atoms with van der Waals surface area (Å²) >= 11 is 0. The van der Waals surface area contributed by atoms with Crippen LogP contribution in [0.1, 0.15) is 36.6 Å². The summed E-state index contributed by atoms with van der Waals surface area (Å²) in [5.74, 6) is -0.101. The molecular weight excluding hydrogens is 334 g/mol. The highest BCUT2D eigenvalue weighted by molar-refractivity contribution is 5.78. The molecule has 1 atom stereocenters. The van der Waals surface area contributed by atoms with Gasteiger partial charge in [0.2, 0.25) is 5.91 Å². The number of carbonyl (C=O) groups excluding carboxylic acids is 1. The number of likely N-dealkylation sites (tertiary alicyclic amines) is 1. The fourth-order valence-corrected chi connectivity index (χ4v) is 3.51. The van der Waals surface area contributed by atoms with E-state index in [0.29, 0.717) is 17.6 Å². The Bertz CT molecular complexity index is 995. The van der Waals surface area contributed by atoms with Crippen LogP contribution >= 0.6 is 0 Å². The topological polar surface area (TPSA) is 94.1 Å². The molecular formula is C18H19N5O3. The molecule has 8 nitrogen and oxygen atoms in total. The molecule has 0 spiro atoms. The molecule has 1 fully saturated rings. The number of pyridine rings is 1. The molecule has 0 saturated carbocycles. The Hall–Kier alpha value is -3.03. The smallest absolute Gasteiger partial charge is 0.267 e. The summed E-state index contributed by atoms with van der Waals surface area (Å²) in [5, 5.41) is 4.09. The van der Waals surface area contributed by atoms with E-state index >= 15 is 0 Å². The molecule has 0 aromatic carbocycles. The lowest BCUT2D eigenvalue weighted by atomic mass is 9.96. The molecule has 0 aliphatic carbocycles. The van der Waals surface area contributed by atoms with Crippen molar-refractivity contribution in [3.63, 3.8) is 0 Å². The molecule has 0 N–H and O–H groups in total. The number of hydrogen-bond donors (Lipinski definition) is 0. The summed E-state index contributed by atoms with van der Waals surface area (Å²) in [6, 6.07) is 3.86. The van der Waals surface area contributed by atoms with Crippen LogP contribution in [0, 0.1) is 6.92 Å². The normalized spacial score (nSPS) is 17.6.